The molecule has 0 bridgehead atoms. The van der Waals surface area contributed by atoms with E-state index in [2.05, 4.69) is 0 Å². The average Bonchev–Trinajstić information content (AvgIpc) is 3.45. The van der Waals surface area contributed by atoms with Crippen LogP contribution in [0.5, 0.6) is 0 Å². The summed E-state index contributed by atoms with van der Waals surface area (Å²) >= 11 is 0. The van der Waals surface area contributed by atoms with Gasteiger partial charge in [0.05, 0.1) is 12.8 Å². The van der Waals surface area contributed by atoms with Gasteiger partial charge in [-0.2, -0.15) is 0 Å². The van der Waals surface area contributed by atoms with Crippen LogP contribution in [0, 0.1) is 11.6 Å². The highest BCUT2D eigenvalue weighted by atomic mass is 32.2. The second kappa shape index (κ2) is 15.2. The number of benzene rings is 4. The molecule has 0 heterocycles. The van der Waals surface area contributed by atoms with Crippen molar-refractivity contribution in [3.8, 4) is 0 Å². The van der Waals surface area contributed by atoms with Crippen molar-refractivity contribution < 1.29 is 37.0 Å². The van der Waals surface area contributed by atoms with Gasteiger partial charge in [0.1, 0.15) is 11.6 Å². The van der Waals surface area contributed by atoms with Crippen molar-refractivity contribution in [1.82, 2.24) is 0 Å². The van der Waals surface area contributed by atoms with Gasteiger partial charge < -0.3 is 10.2 Å². The maximum Gasteiger partial charge on any atom is 0.307 e. The average molecular weight is 713 g/mol. The highest BCUT2D eigenvalue weighted by Crippen LogP contribution is 2.45. The molecule has 0 radical (unpaired) electrons. The first-order valence-corrected chi connectivity index (χ1v) is 18.6. The number of carboxylic acids is 2. The maximum absolute atomic E-state index is 13.7. The summed E-state index contributed by atoms with van der Waals surface area (Å²) in [5.41, 5.74) is 9.49. The minimum absolute atomic E-state index is 0.145. The molecule has 256 valence electrons. The van der Waals surface area contributed by atoms with Crippen molar-refractivity contribution in [2.75, 3.05) is 12.5 Å². The third-order valence-electron chi connectivity index (χ3n) is 8.61. The van der Waals surface area contributed by atoms with Gasteiger partial charge in [-0.1, -0.05) is 36.4 Å². The predicted molar refractivity (Wildman–Crippen MR) is 196 cm³/mol. The van der Waals surface area contributed by atoms with Gasteiger partial charge in [-0.15, -0.1) is 0 Å². The van der Waals surface area contributed by atoms with Crippen molar-refractivity contribution in [3.05, 3.63) is 141 Å². The van der Waals surface area contributed by atoms with Crippen molar-refractivity contribution in [3.63, 3.8) is 0 Å². The first-order chi connectivity index (χ1) is 23.7. The number of allylic oxidation sites excluding steroid dienone is 4. The normalized spacial score (nSPS) is 16.2. The molecule has 2 aliphatic carbocycles. The van der Waals surface area contributed by atoms with E-state index >= 15 is 0 Å². The Hall–Kier alpha value is -5.06. The fraction of sp³-hybridized carbons (Fsp3) is 0.150. The first kappa shape index (κ1) is 36.2. The van der Waals surface area contributed by atoms with Crippen molar-refractivity contribution >= 4 is 68.0 Å². The van der Waals surface area contributed by atoms with Crippen molar-refractivity contribution in [2.45, 2.75) is 36.5 Å². The Morgan fingerprint density at radius 1 is 0.580 bits per heavy atom. The largest absolute Gasteiger partial charge is 0.481 e. The molecule has 0 saturated heterocycles. The van der Waals surface area contributed by atoms with E-state index in [9.17, 15) is 26.8 Å². The fourth-order valence-corrected chi connectivity index (χ4v) is 7.15. The monoisotopic (exact) mass is 712 g/mol. The van der Waals surface area contributed by atoms with Gasteiger partial charge in [-0.3, -0.25) is 18.0 Å². The summed E-state index contributed by atoms with van der Waals surface area (Å²) < 4.78 is 50.3. The highest BCUT2D eigenvalue weighted by molar-refractivity contribution is 7.84. The lowest BCUT2D eigenvalue weighted by Gasteiger charge is -2.05. The van der Waals surface area contributed by atoms with Crippen molar-refractivity contribution in [1.29, 1.82) is 0 Å². The lowest BCUT2D eigenvalue weighted by molar-refractivity contribution is -0.136. The van der Waals surface area contributed by atoms with Crippen LogP contribution < -0.4 is 0 Å². The molecule has 6 nitrogen and oxygen atoms in total. The molecule has 0 saturated carbocycles. The zero-order valence-electron chi connectivity index (χ0n) is 27.8. The third kappa shape index (κ3) is 8.04. The minimum atomic E-state index is -1.04. The number of carbonyl (C=O) groups is 2. The summed E-state index contributed by atoms with van der Waals surface area (Å²) in [6.45, 7) is 3.72. The number of hydrogen-bond acceptors (Lipinski definition) is 4. The van der Waals surface area contributed by atoms with Crippen LogP contribution in [0.2, 0.25) is 0 Å². The van der Waals surface area contributed by atoms with E-state index in [4.69, 9.17) is 10.2 Å². The molecule has 0 fully saturated rings. The van der Waals surface area contributed by atoms with Crippen molar-refractivity contribution in [2.24, 2.45) is 0 Å². The number of aliphatic carboxylic acids is 2. The van der Waals surface area contributed by atoms with Gasteiger partial charge in [-0.25, -0.2) is 8.78 Å². The van der Waals surface area contributed by atoms with E-state index in [-0.39, 0.29) is 24.5 Å². The summed E-state index contributed by atoms with van der Waals surface area (Å²) in [5, 5.41) is 18.3. The number of hydrogen-bond donors (Lipinski definition) is 2. The van der Waals surface area contributed by atoms with E-state index in [1.807, 2.05) is 50.3 Å². The van der Waals surface area contributed by atoms with Gasteiger partial charge in [0.25, 0.3) is 0 Å². The predicted octanol–water partition coefficient (Wildman–Crippen LogP) is 8.73. The van der Waals surface area contributed by atoms with Crippen LogP contribution in [0.3, 0.4) is 0 Å². The molecule has 4 aromatic carbocycles. The van der Waals surface area contributed by atoms with Gasteiger partial charge >= 0.3 is 11.9 Å². The second-order valence-corrected chi connectivity index (χ2v) is 14.6. The second-order valence-electron chi connectivity index (χ2n) is 11.9. The number of fused-ring (bicyclic) bond motifs is 2. The summed E-state index contributed by atoms with van der Waals surface area (Å²) in [6.07, 6.45) is 6.86. The van der Waals surface area contributed by atoms with E-state index in [0.29, 0.717) is 22.3 Å². The molecular formula is C40H34F2O6S2. The third-order valence-corrected chi connectivity index (χ3v) is 10.5. The Balaban J connectivity index is 0.000000194. The molecule has 0 aromatic heterocycles. The summed E-state index contributed by atoms with van der Waals surface area (Å²) in [6, 6.07) is 23.6. The van der Waals surface area contributed by atoms with Crippen LogP contribution >= 0.6 is 0 Å². The SMILES string of the molecule is CC1=C(CC(=O)O)c2cc(F)ccc2C1=Cc1ccc(S(C)=O)cc1.CC1=C(CC(=O)O)c2cc(F)ccc2C1=Cc1ccc([S@](C)=O)cc1. The van der Waals surface area contributed by atoms with Crippen LogP contribution in [-0.2, 0) is 31.2 Å². The molecule has 0 amide bonds. The van der Waals surface area contributed by atoms with Gasteiger partial charge in [0, 0.05) is 43.9 Å². The van der Waals surface area contributed by atoms with Crippen LogP contribution in [0.1, 0.15) is 60.1 Å². The molecule has 10 heteroatoms. The number of rotatable bonds is 8. The van der Waals surface area contributed by atoms with E-state index in [1.54, 1.807) is 48.9 Å². The Labute approximate surface area is 294 Å². The Kier molecular flexibility index (Phi) is 11.0. The van der Waals surface area contributed by atoms with Crippen LogP contribution in [0.25, 0.3) is 34.4 Å². The minimum Gasteiger partial charge on any atom is -0.481 e. The smallest absolute Gasteiger partial charge is 0.307 e. The van der Waals surface area contributed by atoms with Crippen LogP contribution in [-0.4, -0.2) is 43.1 Å². The van der Waals surface area contributed by atoms with Gasteiger partial charge in [0.15, 0.2) is 0 Å². The molecule has 2 N–H and O–H groups in total. The van der Waals surface area contributed by atoms with Crippen LogP contribution in [0.4, 0.5) is 8.78 Å². The maximum atomic E-state index is 13.7. The molecular weight excluding hydrogens is 679 g/mol. The Bertz CT molecular complexity index is 2040. The molecule has 2 aliphatic rings. The molecule has 0 aliphatic heterocycles. The van der Waals surface area contributed by atoms with E-state index in [1.165, 1.54) is 24.3 Å². The lowest BCUT2D eigenvalue weighted by Crippen LogP contribution is -1.97. The zero-order chi connectivity index (χ0) is 36.3. The summed E-state index contributed by atoms with van der Waals surface area (Å²) in [4.78, 5) is 23.9. The quantitative estimate of drug-likeness (QED) is 0.189. The molecule has 50 heavy (non-hydrogen) atoms. The fourth-order valence-electron chi connectivity index (χ4n) is 6.11. The molecule has 1 unspecified atom stereocenters. The molecule has 6 rings (SSSR count). The number of halogens is 2. The first-order valence-electron chi connectivity index (χ1n) is 15.5. The van der Waals surface area contributed by atoms with E-state index in [0.717, 1.165) is 54.3 Å². The Morgan fingerprint density at radius 2 is 0.920 bits per heavy atom. The highest BCUT2D eigenvalue weighted by Gasteiger charge is 2.27. The molecule has 2 atom stereocenters. The lowest BCUT2D eigenvalue weighted by atomic mass is 10.0. The zero-order valence-corrected chi connectivity index (χ0v) is 29.4. The summed E-state index contributed by atoms with van der Waals surface area (Å²) in [5.74, 6) is -2.66. The number of carboxylic acid groups (broad SMARTS) is 2. The van der Waals surface area contributed by atoms with Gasteiger partial charge in [0.2, 0.25) is 0 Å². The molecule has 0 spiro atoms. The molecule has 4 aromatic rings. The van der Waals surface area contributed by atoms with Gasteiger partial charge in [-0.05, 0) is 141 Å². The Morgan fingerprint density at radius 3 is 1.22 bits per heavy atom. The topological polar surface area (TPSA) is 109 Å². The van der Waals surface area contributed by atoms with Crippen LogP contribution in [0.15, 0.2) is 106 Å². The standard InChI is InChI=1S/2C20H17FO3S/c2*1-12-17(9-13-3-6-15(7-4-13)25(2)24)16-8-5-14(21)10-19(16)18(12)11-20(22)23/h2*3-10H,11H2,1-2H3,(H,22,23)/t25-;/m0./s1. The summed E-state index contributed by atoms with van der Waals surface area (Å²) in [7, 11) is -2.07. The van der Waals surface area contributed by atoms with E-state index < -0.39 is 33.5 Å².